The number of hydrogen-bond acceptors (Lipinski definition) is 7. The number of carbonyl (C=O) groups is 2. The Morgan fingerprint density at radius 1 is 1.12 bits per heavy atom. The van der Waals surface area contributed by atoms with Gasteiger partial charge in [-0.05, 0) is 48.4 Å². The second kappa shape index (κ2) is 12.0. The molecule has 1 N–H and O–H groups in total. The predicted molar refractivity (Wildman–Crippen MR) is 127 cm³/mol. The van der Waals surface area contributed by atoms with Crippen LogP contribution < -0.4 is 10.1 Å². The first-order chi connectivity index (χ1) is 16.2. The minimum absolute atomic E-state index is 0.0447. The molecule has 1 amide bonds. The lowest BCUT2D eigenvalue weighted by molar-refractivity contribution is -0.142. The summed E-state index contributed by atoms with van der Waals surface area (Å²) in [6.07, 6.45) is 1.34. The van der Waals surface area contributed by atoms with Crippen LogP contribution in [-0.4, -0.2) is 51.4 Å². The quantitative estimate of drug-likeness (QED) is 0.311. The highest BCUT2D eigenvalue weighted by Crippen LogP contribution is 2.23. The number of nitriles is 1. The Bertz CT molecular complexity index is 1210. The van der Waals surface area contributed by atoms with Crippen molar-refractivity contribution >= 4 is 33.7 Å². The highest BCUT2D eigenvalue weighted by atomic mass is 32.2. The van der Waals surface area contributed by atoms with Crippen LogP contribution in [0.4, 0.5) is 5.69 Å². The van der Waals surface area contributed by atoms with Gasteiger partial charge in [0.1, 0.15) is 17.4 Å². The van der Waals surface area contributed by atoms with Gasteiger partial charge < -0.3 is 14.8 Å². The molecule has 10 heteroatoms. The fourth-order valence-corrected chi connectivity index (χ4v) is 4.49. The van der Waals surface area contributed by atoms with E-state index in [4.69, 9.17) is 9.47 Å². The van der Waals surface area contributed by atoms with E-state index in [0.29, 0.717) is 30.0 Å². The zero-order valence-corrected chi connectivity index (χ0v) is 20.3. The highest BCUT2D eigenvalue weighted by Gasteiger charge is 2.22. The minimum atomic E-state index is -3.71. The number of hydrogen-bond donors (Lipinski definition) is 1. The van der Waals surface area contributed by atoms with Crippen LogP contribution >= 0.6 is 0 Å². The number of nitrogens with one attached hydrogen (secondary N) is 1. The van der Waals surface area contributed by atoms with Crippen LogP contribution in [0.5, 0.6) is 5.75 Å². The van der Waals surface area contributed by atoms with Gasteiger partial charge in [0.25, 0.3) is 5.91 Å². The lowest BCUT2D eigenvalue weighted by Crippen LogP contribution is -2.30. The summed E-state index contributed by atoms with van der Waals surface area (Å²) >= 11 is 0. The van der Waals surface area contributed by atoms with Crippen molar-refractivity contribution in [1.29, 1.82) is 5.26 Å². The van der Waals surface area contributed by atoms with Crippen LogP contribution in [0, 0.1) is 18.3 Å². The molecule has 0 aromatic heterocycles. The molecule has 0 radical (unpaired) electrons. The number of nitrogens with zero attached hydrogens (tertiary/aromatic N) is 2. The summed E-state index contributed by atoms with van der Waals surface area (Å²) in [7, 11) is -2.18. The third kappa shape index (κ3) is 6.66. The summed E-state index contributed by atoms with van der Waals surface area (Å²) in [5.74, 6) is -1.00. The fourth-order valence-electron chi connectivity index (χ4n) is 3.01. The Hall–Kier alpha value is -3.68. The van der Waals surface area contributed by atoms with E-state index in [1.807, 2.05) is 0 Å². The molecule has 0 bridgehead atoms. The lowest BCUT2D eigenvalue weighted by Gasteiger charge is -2.19. The van der Waals surface area contributed by atoms with Gasteiger partial charge in [0.2, 0.25) is 10.0 Å². The van der Waals surface area contributed by atoms with Crippen molar-refractivity contribution < 1.29 is 27.5 Å². The van der Waals surface area contributed by atoms with E-state index in [1.54, 1.807) is 57.2 Å². The van der Waals surface area contributed by atoms with Crippen molar-refractivity contribution in [2.24, 2.45) is 0 Å². The molecular formula is C24H27N3O6S. The van der Waals surface area contributed by atoms with Crippen molar-refractivity contribution in [3.05, 3.63) is 59.2 Å². The van der Waals surface area contributed by atoms with Crippen LogP contribution in [0.25, 0.3) is 6.08 Å². The first-order valence-corrected chi connectivity index (χ1v) is 11.9. The average molecular weight is 486 g/mol. The number of sulfonamides is 1. The van der Waals surface area contributed by atoms with Crippen LogP contribution in [0.3, 0.4) is 0 Å². The normalized spacial score (nSPS) is 11.6. The Labute approximate surface area is 199 Å². The van der Waals surface area contributed by atoms with Crippen LogP contribution in [0.15, 0.2) is 52.9 Å². The Morgan fingerprint density at radius 3 is 2.32 bits per heavy atom. The average Bonchev–Trinajstić information content (AvgIpc) is 2.83. The molecule has 9 nitrogen and oxygen atoms in total. The number of esters is 1. The molecule has 34 heavy (non-hydrogen) atoms. The molecule has 0 saturated heterocycles. The number of anilines is 1. The Balaban J connectivity index is 2.08. The molecule has 180 valence electrons. The van der Waals surface area contributed by atoms with Gasteiger partial charge in [-0.15, -0.1) is 0 Å². The van der Waals surface area contributed by atoms with Crippen molar-refractivity contribution in [3.8, 4) is 11.8 Å². The predicted octanol–water partition coefficient (Wildman–Crippen LogP) is 3.12. The van der Waals surface area contributed by atoms with E-state index in [2.05, 4.69) is 5.32 Å². The number of rotatable bonds is 10. The topological polar surface area (TPSA) is 126 Å². The van der Waals surface area contributed by atoms with E-state index >= 15 is 0 Å². The Kier molecular flexibility index (Phi) is 9.36. The molecule has 0 aliphatic carbocycles. The van der Waals surface area contributed by atoms with E-state index in [9.17, 15) is 23.3 Å². The fraction of sp³-hybridized carbons (Fsp3) is 0.292. The van der Waals surface area contributed by atoms with E-state index in [0.717, 1.165) is 0 Å². The number of aryl methyl sites for hydroxylation is 1. The van der Waals surface area contributed by atoms with Gasteiger partial charge in [-0.25, -0.2) is 13.2 Å². The number of carbonyl (C=O) groups excluding carboxylic acids is 2. The largest absolute Gasteiger partial charge is 0.497 e. The summed E-state index contributed by atoms with van der Waals surface area (Å²) < 4.78 is 36.8. The molecule has 0 aliphatic rings. The monoisotopic (exact) mass is 485 g/mol. The maximum atomic E-state index is 12.8. The molecule has 2 rings (SSSR count). The molecule has 2 aromatic carbocycles. The molecule has 0 spiro atoms. The number of amides is 1. The standard InChI is InChI=1S/C24H27N3O6S/c1-5-27(6-2)34(30,31)21-12-7-17(3)22(14-21)26-23(28)16-33-24(29)19(15-25)13-18-8-10-20(32-4)11-9-18/h7-14H,5-6,16H2,1-4H3,(H,26,28)/b19-13+. The van der Waals surface area contributed by atoms with Crippen LogP contribution in [0.2, 0.25) is 0 Å². The molecule has 0 unspecified atom stereocenters. The first kappa shape index (κ1) is 26.6. The van der Waals surface area contributed by atoms with Gasteiger partial charge in [0.05, 0.1) is 12.0 Å². The first-order valence-electron chi connectivity index (χ1n) is 10.5. The van der Waals surface area contributed by atoms with Crippen LogP contribution in [-0.2, 0) is 24.3 Å². The second-order valence-corrected chi connectivity index (χ2v) is 9.07. The smallest absolute Gasteiger partial charge is 0.349 e. The minimum Gasteiger partial charge on any atom is -0.497 e. The highest BCUT2D eigenvalue weighted by molar-refractivity contribution is 7.89. The molecule has 0 fully saturated rings. The van der Waals surface area contributed by atoms with E-state index < -0.39 is 28.5 Å². The van der Waals surface area contributed by atoms with Gasteiger partial charge >= 0.3 is 5.97 Å². The summed E-state index contributed by atoms with van der Waals surface area (Å²) in [6, 6.07) is 12.9. The van der Waals surface area contributed by atoms with Crippen molar-refractivity contribution in [2.75, 3.05) is 32.1 Å². The summed E-state index contributed by atoms with van der Waals surface area (Å²) in [5.41, 5.74) is 1.22. The van der Waals surface area contributed by atoms with Crippen molar-refractivity contribution in [1.82, 2.24) is 4.31 Å². The molecule has 0 atom stereocenters. The maximum absolute atomic E-state index is 12.8. The third-order valence-corrected chi connectivity index (χ3v) is 6.97. The summed E-state index contributed by atoms with van der Waals surface area (Å²) in [6.45, 7) is 5.18. The summed E-state index contributed by atoms with van der Waals surface area (Å²) in [5, 5.41) is 11.8. The van der Waals surface area contributed by atoms with Gasteiger partial charge in [0.15, 0.2) is 6.61 Å². The third-order valence-electron chi connectivity index (χ3n) is 4.93. The second-order valence-electron chi connectivity index (χ2n) is 7.13. The van der Waals surface area contributed by atoms with Crippen molar-refractivity contribution in [3.63, 3.8) is 0 Å². The van der Waals surface area contributed by atoms with Crippen molar-refractivity contribution in [2.45, 2.75) is 25.7 Å². The van der Waals surface area contributed by atoms with Gasteiger partial charge in [-0.1, -0.05) is 32.0 Å². The molecule has 0 heterocycles. The zero-order valence-electron chi connectivity index (χ0n) is 19.5. The van der Waals surface area contributed by atoms with E-state index in [1.165, 1.54) is 29.6 Å². The maximum Gasteiger partial charge on any atom is 0.349 e. The molecule has 0 aliphatic heterocycles. The molecular weight excluding hydrogens is 458 g/mol. The van der Waals surface area contributed by atoms with Crippen LogP contribution in [0.1, 0.15) is 25.0 Å². The zero-order chi connectivity index (χ0) is 25.3. The number of benzene rings is 2. The number of ether oxygens (including phenoxy) is 2. The van der Waals surface area contributed by atoms with Gasteiger partial charge in [-0.2, -0.15) is 9.57 Å². The van der Waals surface area contributed by atoms with Gasteiger partial charge in [-0.3, -0.25) is 4.79 Å². The molecule has 0 saturated carbocycles. The molecule has 2 aromatic rings. The van der Waals surface area contributed by atoms with E-state index in [-0.39, 0.29) is 16.2 Å². The number of methoxy groups -OCH3 is 1. The Morgan fingerprint density at radius 2 is 1.76 bits per heavy atom. The van der Waals surface area contributed by atoms with Gasteiger partial charge in [0, 0.05) is 18.8 Å². The SMILES string of the molecule is CCN(CC)S(=O)(=O)c1ccc(C)c(NC(=O)COC(=O)/C(C#N)=C/c2ccc(OC)cc2)c1. The summed E-state index contributed by atoms with van der Waals surface area (Å²) in [4.78, 5) is 24.6. The lowest BCUT2D eigenvalue weighted by atomic mass is 10.1.